The number of carbonyl (C=O) groups excluding carboxylic acids is 3. The molecule has 1 rings (SSSR count). The Morgan fingerprint density at radius 2 is 1.96 bits per heavy atom. The number of nitrogens with two attached hydrogens (primary N) is 1. The highest BCUT2D eigenvalue weighted by molar-refractivity contribution is 7.80. The first-order chi connectivity index (χ1) is 10.6. The Bertz CT molecular complexity index is 634. The van der Waals surface area contributed by atoms with E-state index in [1.165, 1.54) is 0 Å². The second kappa shape index (κ2) is 7.36. The topological polar surface area (TPSA) is 98.5 Å². The Morgan fingerprint density at radius 3 is 2.39 bits per heavy atom. The summed E-state index contributed by atoms with van der Waals surface area (Å²) in [5.74, 6) is -3.49. The highest BCUT2D eigenvalue weighted by Crippen LogP contribution is 2.33. The monoisotopic (exact) mass is 350 g/mol. The van der Waals surface area contributed by atoms with Gasteiger partial charge in [-0.1, -0.05) is 0 Å². The van der Waals surface area contributed by atoms with Crippen LogP contribution in [0.25, 0.3) is 0 Å². The Hall–Kier alpha value is -2.23. The maximum Gasteiger partial charge on any atom is 0.416 e. The lowest BCUT2D eigenvalue weighted by Crippen LogP contribution is -2.43. The maximum atomic E-state index is 12.7. The number of halogens is 3. The van der Waals surface area contributed by atoms with Gasteiger partial charge in [-0.05, 0) is 18.2 Å². The number of rotatable bonds is 5. The van der Waals surface area contributed by atoms with Crippen LogP contribution in [0.4, 0.5) is 13.2 Å². The van der Waals surface area contributed by atoms with Crippen molar-refractivity contribution in [2.75, 3.05) is 5.75 Å². The highest BCUT2D eigenvalue weighted by Gasteiger charge is 2.32. The van der Waals surface area contributed by atoms with Crippen molar-refractivity contribution in [3.05, 3.63) is 29.3 Å². The minimum Gasteiger partial charge on any atom is -0.424 e. The molecule has 0 radical (unpaired) electrons. The summed E-state index contributed by atoms with van der Waals surface area (Å²) in [6.45, 7) is 1.14. The van der Waals surface area contributed by atoms with Gasteiger partial charge in [-0.3, -0.25) is 9.59 Å². The van der Waals surface area contributed by atoms with E-state index in [1.54, 1.807) is 0 Å². The van der Waals surface area contributed by atoms with Gasteiger partial charge in [0.05, 0.1) is 11.1 Å². The van der Waals surface area contributed by atoms with Gasteiger partial charge in [0, 0.05) is 12.7 Å². The van der Waals surface area contributed by atoms with Crippen LogP contribution in [-0.4, -0.2) is 29.6 Å². The lowest BCUT2D eigenvalue weighted by molar-refractivity contribution is -0.140. The number of esters is 1. The molecule has 1 unspecified atom stereocenters. The van der Waals surface area contributed by atoms with E-state index in [-0.39, 0.29) is 5.75 Å². The number of nitrogens with one attached hydrogen (secondary N) is 1. The molecule has 2 amide bonds. The van der Waals surface area contributed by atoms with Crippen molar-refractivity contribution in [1.29, 1.82) is 0 Å². The quantitative estimate of drug-likeness (QED) is 0.421. The number of thiol groups is 1. The van der Waals surface area contributed by atoms with E-state index in [2.05, 4.69) is 17.9 Å². The van der Waals surface area contributed by atoms with E-state index in [9.17, 15) is 27.6 Å². The Morgan fingerprint density at radius 1 is 1.35 bits per heavy atom. The number of carbonyl (C=O) groups is 3. The molecule has 0 saturated heterocycles. The highest BCUT2D eigenvalue weighted by atomic mass is 32.1. The van der Waals surface area contributed by atoms with Crippen molar-refractivity contribution < 1.29 is 32.3 Å². The van der Waals surface area contributed by atoms with Crippen LogP contribution in [0.1, 0.15) is 22.8 Å². The number of amides is 2. The molecule has 0 saturated carbocycles. The van der Waals surface area contributed by atoms with Crippen LogP contribution in [0.15, 0.2) is 18.2 Å². The summed E-state index contributed by atoms with van der Waals surface area (Å²) in [4.78, 5) is 34.1. The Labute approximate surface area is 134 Å². The number of benzene rings is 1. The zero-order valence-corrected chi connectivity index (χ0v) is 12.7. The van der Waals surface area contributed by atoms with Gasteiger partial charge in [0.2, 0.25) is 5.91 Å². The van der Waals surface area contributed by atoms with Crippen LogP contribution in [0.5, 0.6) is 5.75 Å². The van der Waals surface area contributed by atoms with Crippen LogP contribution >= 0.6 is 12.6 Å². The fourth-order valence-corrected chi connectivity index (χ4v) is 1.83. The Kier molecular flexibility index (Phi) is 6.02. The predicted molar refractivity (Wildman–Crippen MR) is 77.1 cm³/mol. The molecule has 10 heteroatoms. The molecular formula is C13H13F3N2O4S. The summed E-state index contributed by atoms with van der Waals surface area (Å²) in [6.07, 6.45) is -4.70. The van der Waals surface area contributed by atoms with Gasteiger partial charge in [0.15, 0.2) is 0 Å². The number of primary amides is 1. The van der Waals surface area contributed by atoms with Gasteiger partial charge in [0.25, 0.3) is 5.91 Å². The van der Waals surface area contributed by atoms with Gasteiger partial charge >= 0.3 is 12.1 Å². The van der Waals surface area contributed by atoms with Gasteiger partial charge in [-0.25, -0.2) is 4.79 Å². The molecule has 1 atom stereocenters. The minimum atomic E-state index is -4.70. The van der Waals surface area contributed by atoms with Gasteiger partial charge in [-0.15, -0.1) is 0 Å². The molecule has 1 aromatic carbocycles. The maximum absolute atomic E-state index is 12.7. The normalized spacial score (nSPS) is 12.4. The van der Waals surface area contributed by atoms with Crippen LogP contribution < -0.4 is 15.8 Å². The lowest BCUT2D eigenvalue weighted by atomic mass is 10.1. The van der Waals surface area contributed by atoms with Crippen molar-refractivity contribution in [2.24, 2.45) is 5.73 Å². The van der Waals surface area contributed by atoms with Crippen LogP contribution in [0, 0.1) is 0 Å². The molecule has 0 bridgehead atoms. The molecule has 0 spiro atoms. The summed E-state index contributed by atoms with van der Waals surface area (Å²) in [5.41, 5.74) is 3.53. The third-order valence-corrected chi connectivity index (χ3v) is 2.99. The van der Waals surface area contributed by atoms with Crippen molar-refractivity contribution in [3.8, 4) is 5.75 Å². The zero-order chi connectivity index (χ0) is 17.8. The van der Waals surface area contributed by atoms with Gasteiger partial charge in [0.1, 0.15) is 11.8 Å². The summed E-state index contributed by atoms with van der Waals surface area (Å²) >= 11 is 3.84. The molecule has 0 aromatic heterocycles. The van der Waals surface area contributed by atoms with E-state index < -0.39 is 46.9 Å². The van der Waals surface area contributed by atoms with Crippen molar-refractivity contribution >= 4 is 30.4 Å². The third kappa shape index (κ3) is 5.16. The molecule has 23 heavy (non-hydrogen) atoms. The number of hydrogen-bond acceptors (Lipinski definition) is 5. The minimum absolute atomic E-state index is 0.150. The second-order valence-electron chi connectivity index (χ2n) is 4.43. The average Bonchev–Trinajstić information content (AvgIpc) is 2.43. The summed E-state index contributed by atoms with van der Waals surface area (Å²) < 4.78 is 42.9. The van der Waals surface area contributed by atoms with Crippen LogP contribution in [0.2, 0.25) is 0 Å². The van der Waals surface area contributed by atoms with Crippen molar-refractivity contribution in [3.63, 3.8) is 0 Å². The predicted octanol–water partition coefficient (Wildman–Crippen LogP) is 1.14. The molecule has 0 fully saturated rings. The first kappa shape index (κ1) is 18.8. The van der Waals surface area contributed by atoms with Crippen LogP contribution in [-0.2, 0) is 15.8 Å². The summed E-state index contributed by atoms with van der Waals surface area (Å²) in [7, 11) is 0. The molecule has 3 N–H and O–H groups in total. The number of hydrogen-bond donors (Lipinski definition) is 3. The van der Waals surface area contributed by atoms with E-state index in [0.717, 1.165) is 13.0 Å². The van der Waals surface area contributed by atoms with E-state index in [4.69, 9.17) is 10.5 Å². The molecule has 126 valence electrons. The van der Waals surface area contributed by atoms with Crippen molar-refractivity contribution in [1.82, 2.24) is 5.32 Å². The van der Waals surface area contributed by atoms with Gasteiger partial charge < -0.3 is 15.8 Å². The smallest absolute Gasteiger partial charge is 0.416 e. The largest absolute Gasteiger partial charge is 0.424 e. The zero-order valence-electron chi connectivity index (χ0n) is 11.8. The number of alkyl halides is 3. The first-order valence-electron chi connectivity index (χ1n) is 6.17. The van der Waals surface area contributed by atoms with Crippen molar-refractivity contribution in [2.45, 2.75) is 19.1 Å². The fourth-order valence-electron chi connectivity index (χ4n) is 1.59. The fraction of sp³-hybridized carbons (Fsp3) is 0.308. The summed E-state index contributed by atoms with van der Waals surface area (Å²) in [6, 6.07) is 0.746. The lowest BCUT2D eigenvalue weighted by Gasteiger charge is -2.16. The molecule has 0 heterocycles. The van der Waals surface area contributed by atoms with E-state index in [1.807, 2.05) is 0 Å². The molecule has 0 aliphatic heterocycles. The standard InChI is InChI=1S/C13H13F3N2O4S/c1-6(19)18-9(5-23)12(21)22-10-4-7(13(14,15)16)2-3-8(10)11(17)20/h2-4,9,23H,5H2,1H3,(H2,17,20)(H,18,19). The second-order valence-corrected chi connectivity index (χ2v) is 4.79. The molecule has 6 nitrogen and oxygen atoms in total. The molecular weight excluding hydrogens is 337 g/mol. The molecule has 0 aliphatic rings. The average molecular weight is 350 g/mol. The van der Waals surface area contributed by atoms with Gasteiger partial charge in [-0.2, -0.15) is 25.8 Å². The number of ether oxygens (including phenoxy) is 1. The van der Waals surface area contributed by atoms with Crippen LogP contribution in [0.3, 0.4) is 0 Å². The third-order valence-electron chi connectivity index (χ3n) is 2.63. The SMILES string of the molecule is CC(=O)NC(CS)C(=O)Oc1cc(C(F)(F)F)ccc1C(N)=O. The molecule has 0 aliphatic carbocycles. The van der Waals surface area contributed by atoms with E-state index in [0.29, 0.717) is 12.1 Å². The first-order valence-corrected chi connectivity index (χ1v) is 6.80. The molecule has 1 aromatic rings. The summed E-state index contributed by atoms with van der Waals surface area (Å²) in [5, 5.41) is 2.21. The van der Waals surface area contributed by atoms with E-state index >= 15 is 0 Å². The Balaban J connectivity index is 3.16.